The average Bonchev–Trinajstić information content (AvgIpc) is 2.34. The van der Waals surface area contributed by atoms with Gasteiger partial charge in [-0.25, -0.2) is 0 Å². The molecule has 0 saturated carbocycles. The van der Waals surface area contributed by atoms with Crippen LogP contribution >= 0.6 is 0 Å². The van der Waals surface area contributed by atoms with Gasteiger partial charge in [-0.1, -0.05) is 12.1 Å². The van der Waals surface area contributed by atoms with Crippen molar-refractivity contribution in [3.05, 3.63) is 35.4 Å². The third kappa shape index (κ3) is 4.64. The molecule has 0 saturated heterocycles. The molecule has 0 aliphatic heterocycles. The Hall–Kier alpha value is -1.77. The van der Waals surface area contributed by atoms with Crippen molar-refractivity contribution < 1.29 is 0 Å². The molecule has 0 aromatic heterocycles. The van der Waals surface area contributed by atoms with Gasteiger partial charge in [0.2, 0.25) is 0 Å². The van der Waals surface area contributed by atoms with E-state index >= 15 is 0 Å². The highest BCUT2D eigenvalue weighted by Gasteiger charge is 1.94. The van der Waals surface area contributed by atoms with E-state index in [1.54, 1.807) is 0 Å². The number of terminal acetylenes is 1. The van der Waals surface area contributed by atoms with Gasteiger partial charge in [0.05, 0.1) is 11.6 Å². The minimum absolute atomic E-state index is 0.714. The molecule has 0 radical (unpaired) electrons. The molecule has 2 heteroatoms. The Kier molecular flexibility index (Phi) is 5.78. The molecule has 0 bridgehead atoms. The quantitative estimate of drug-likeness (QED) is 0.580. The summed E-state index contributed by atoms with van der Waals surface area (Å²) in [5, 5.41) is 12.1. The minimum atomic E-state index is 0.714. The standard InChI is InChI=1S/C14H16N2/c1-2-3-4-5-9-16-12-14-8-6-7-13(10-14)11-15/h1,6-8,10,16H,3-5,9,12H2. The van der Waals surface area contributed by atoms with E-state index in [9.17, 15) is 0 Å². The Morgan fingerprint density at radius 2 is 2.19 bits per heavy atom. The van der Waals surface area contributed by atoms with E-state index < -0.39 is 0 Å². The molecule has 0 aliphatic carbocycles. The summed E-state index contributed by atoms with van der Waals surface area (Å²) >= 11 is 0. The van der Waals surface area contributed by atoms with E-state index in [-0.39, 0.29) is 0 Å². The lowest BCUT2D eigenvalue weighted by atomic mass is 10.1. The summed E-state index contributed by atoms with van der Waals surface area (Å²) in [6.45, 7) is 1.78. The number of nitrogens with zero attached hydrogens (tertiary/aromatic N) is 1. The molecule has 0 heterocycles. The number of benzene rings is 1. The van der Waals surface area contributed by atoms with E-state index in [1.807, 2.05) is 24.3 Å². The van der Waals surface area contributed by atoms with Crippen LogP contribution in [0.4, 0.5) is 0 Å². The summed E-state index contributed by atoms with van der Waals surface area (Å²) in [4.78, 5) is 0. The molecule has 0 aliphatic rings. The Labute approximate surface area is 97.3 Å². The van der Waals surface area contributed by atoms with Gasteiger partial charge in [-0.3, -0.25) is 0 Å². The first-order valence-corrected chi connectivity index (χ1v) is 5.50. The molecule has 1 aromatic carbocycles. The molecule has 16 heavy (non-hydrogen) atoms. The summed E-state index contributed by atoms with van der Waals surface area (Å²) in [5.41, 5.74) is 1.86. The van der Waals surface area contributed by atoms with Crippen molar-refractivity contribution in [3.8, 4) is 18.4 Å². The normalized spacial score (nSPS) is 9.38. The Bertz CT molecular complexity index is 396. The van der Waals surface area contributed by atoms with E-state index in [2.05, 4.69) is 17.3 Å². The van der Waals surface area contributed by atoms with Gasteiger partial charge in [0.15, 0.2) is 0 Å². The molecule has 0 amide bonds. The maximum atomic E-state index is 8.74. The third-order valence-corrected chi connectivity index (χ3v) is 2.31. The van der Waals surface area contributed by atoms with Crippen LogP contribution in [0.2, 0.25) is 0 Å². The van der Waals surface area contributed by atoms with Gasteiger partial charge in [0.25, 0.3) is 0 Å². The highest BCUT2D eigenvalue weighted by Crippen LogP contribution is 2.03. The van der Waals surface area contributed by atoms with Crippen molar-refractivity contribution in [2.75, 3.05) is 6.54 Å². The summed E-state index contributed by atoms with van der Waals surface area (Å²) in [6.07, 6.45) is 8.19. The molecule has 1 rings (SSSR count). The van der Waals surface area contributed by atoms with Crippen molar-refractivity contribution in [2.24, 2.45) is 0 Å². The lowest BCUT2D eigenvalue weighted by molar-refractivity contribution is 0.630. The monoisotopic (exact) mass is 212 g/mol. The van der Waals surface area contributed by atoms with Crippen LogP contribution in [0.15, 0.2) is 24.3 Å². The first-order chi connectivity index (χ1) is 7.86. The van der Waals surface area contributed by atoms with Crippen LogP contribution in [0.5, 0.6) is 0 Å². The average molecular weight is 212 g/mol. The Morgan fingerprint density at radius 3 is 2.94 bits per heavy atom. The highest BCUT2D eigenvalue weighted by molar-refractivity contribution is 5.32. The van der Waals surface area contributed by atoms with Crippen molar-refractivity contribution in [2.45, 2.75) is 25.8 Å². The first-order valence-electron chi connectivity index (χ1n) is 5.50. The van der Waals surface area contributed by atoms with Gasteiger partial charge in [0.1, 0.15) is 0 Å². The molecule has 0 unspecified atom stereocenters. The van der Waals surface area contributed by atoms with Gasteiger partial charge in [-0.15, -0.1) is 12.3 Å². The molecular formula is C14H16N2. The van der Waals surface area contributed by atoms with Crippen LogP contribution in [0.1, 0.15) is 30.4 Å². The van der Waals surface area contributed by atoms with E-state index in [1.165, 1.54) is 0 Å². The largest absolute Gasteiger partial charge is 0.313 e. The van der Waals surface area contributed by atoms with Crippen LogP contribution in [0.25, 0.3) is 0 Å². The van der Waals surface area contributed by atoms with Crippen molar-refractivity contribution >= 4 is 0 Å². The summed E-state index contributed by atoms with van der Waals surface area (Å²) < 4.78 is 0. The summed E-state index contributed by atoms with van der Waals surface area (Å²) in [5.74, 6) is 2.63. The number of rotatable bonds is 6. The molecule has 2 nitrogen and oxygen atoms in total. The zero-order valence-electron chi connectivity index (χ0n) is 9.37. The summed E-state index contributed by atoms with van der Waals surface area (Å²) in [7, 11) is 0. The van der Waals surface area contributed by atoms with E-state index in [4.69, 9.17) is 11.7 Å². The topological polar surface area (TPSA) is 35.8 Å². The number of hydrogen-bond acceptors (Lipinski definition) is 2. The lowest BCUT2D eigenvalue weighted by Crippen LogP contribution is -2.14. The van der Waals surface area contributed by atoms with Gasteiger partial charge < -0.3 is 5.32 Å². The molecule has 0 spiro atoms. The van der Waals surface area contributed by atoms with Gasteiger partial charge >= 0.3 is 0 Å². The SMILES string of the molecule is C#CCCCCNCc1cccc(C#N)c1. The molecule has 82 valence electrons. The van der Waals surface area contributed by atoms with Gasteiger partial charge in [-0.05, 0) is 37.1 Å². The van der Waals surface area contributed by atoms with Gasteiger partial charge in [-0.2, -0.15) is 5.26 Å². The molecule has 0 fully saturated rings. The maximum Gasteiger partial charge on any atom is 0.0991 e. The predicted octanol–water partition coefficient (Wildman–Crippen LogP) is 2.45. The number of hydrogen-bond donors (Lipinski definition) is 1. The number of nitrogens with one attached hydrogen (secondary N) is 1. The fourth-order valence-electron chi connectivity index (χ4n) is 1.46. The second-order valence-electron chi connectivity index (χ2n) is 3.65. The Morgan fingerprint density at radius 1 is 1.31 bits per heavy atom. The second-order valence-corrected chi connectivity index (χ2v) is 3.65. The zero-order chi connectivity index (χ0) is 11.6. The first kappa shape index (κ1) is 12.3. The fraction of sp³-hybridized carbons (Fsp3) is 0.357. The van der Waals surface area contributed by atoms with E-state index in [0.717, 1.165) is 37.9 Å². The predicted molar refractivity (Wildman–Crippen MR) is 65.5 cm³/mol. The van der Waals surface area contributed by atoms with Crippen molar-refractivity contribution in [1.82, 2.24) is 5.32 Å². The van der Waals surface area contributed by atoms with Crippen molar-refractivity contribution in [1.29, 1.82) is 5.26 Å². The number of nitriles is 1. The molecule has 0 atom stereocenters. The molecule has 1 aromatic rings. The van der Waals surface area contributed by atoms with Crippen LogP contribution < -0.4 is 5.32 Å². The van der Waals surface area contributed by atoms with Crippen LogP contribution in [0.3, 0.4) is 0 Å². The number of unbranched alkanes of at least 4 members (excludes halogenated alkanes) is 2. The zero-order valence-corrected chi connectivity index (χ0v) is 9.37. The van der Waals surface area contributed by atoms with Gasteiger partial charge in [0, 0.05) is 13.0 Å². The third-order valence-electron chi connectivity index (χ3n) is 2.31. The highest BCUT2D eigenvalue weighted by atomic mass is 14.8. The Balaban J connectivity index is 2.22. The maximum absolute atomic E-state index is 8.74. The van der Waals surface area contributed by atoms with Crippen LogP contribution in [-0.2, 0) is 6.54 Å². The summed E-state index contributed by atoms with van der Waals surface area (Å²) in [6, 6.07) is 9.80. The minimum Gasteiger partial charge on any atom is -0.313 e. The molecular weight excluding hydrogens is 196 g/mol. The van der Waals surface area contributed by atoms with Crippen LogP contribution in [0, 0.1) is 23.7 Å². The lowest BCUT2D eigenvalue weighted by Gasteiger charge is -2.04. The van der Waals surface area contributed by atoms with Crippen molar-refractivity contribution in [3.63, 3.8) is 0 Å². The smallest absolute Gasteiger partial charge is 0.0991 e. The molecule has 1 N–H and O–H groups in total. The van der Waals surface area contributed by atoms with Crippen LogP contribution in [-0.4, -0.2) is 6.54 Å². The van der Waals surface area contributed by atoms with E-state index in [0.29, 0.717) is 5.56 Å². The fourth-order valence-corrected chi connectivity index (χ4v) is 1.46. The second kappa shape index (κ2) is 7.51.